The SMILES string of the molecule is C/C=C/CC(NC(=O)OC(C)(C)C)C(=O)N1C[C@@H]2C[C@H]1CN2C(=O)/C(C)=C/C. The highest BCUT2D eigenvalue weighted by molar-refractivity contribution is 5.94. The van der Waals surface area contributed by atoms with E-state index < -0.39 is 17.7 Å². The summed E-state index contributed by atoms with van der Waals surface area (Å²) in [5, 5.41) is 2.71. The summed E-state index contributed by atoms with van der Waals surface area (Å²) in [5.41, 5.74) is 0.0965. The average Bonchev–Trinajstić information content (AvgIpc) is 3.22. The summed E-state index contributed by atoms with van der Waals surface area (Å²) in [4.78, 5) is 41.4. The zero-order valence-electron chi connectivity index (χ0n) is 17.8. The third-order valence-electron chi connectivity index (χ3n) is 5.15. The molecule has 3 atom stereocenters. The lowest BCUT2D eigenvalue weighted by Crippen LogP contribution is -2.56. The number of allylic oxidation sites excluding steroid dienone is 2. The number of alkyl carbamates (subject to hydrolysis) is 1. The van der Waals surface area contributed by atoms with Crippen molar-refractivity contribution in [2.24, 2.45) is 0 Å². The van der Waals surface area contributed by atoms with E-state index in [1.165, 1.54) is 0 Å². The molecule has 3 amide bonds. The van der Waals surface area contributed by atoms with Crippen molar-refractivity contribution in [3.8, 4) is 0 Å². The molecule has 2 fully saturated rings. The van der Waals surface area contributed by atoms with Crippen LogP contribution < -0.4 is 5.32 Å². The molecule has 28 heavy (non-hydrogen) atoms. The van der Waals surface area contributed by atoms with E-state index in [-0.39, 0.29) is 23.9 Å². The number of amides is 3. The number of fused-ring (bicyclic) bond motifs is 2. The second-order valence-corrected chi connectivity index (χ2v) is 8.47. The lowest BCUT2D eigenvalue weighted by molar-refractivity contribution is -0.139. The minimum Gasteiger partial charge on any atom is -0.444 e. The van der Waals surface area contributed by atoms with E-state index in [0.717, 1.165) is 12.0 Å². The molecule has 7 nitrogen and oxygen atoms in total. The number of carbonyl (C=O) groups excluding carboxylic acids is 3. The smallest absolute Gasteiger partial charge is 0.408 e. The molecular formula is C21H33N3O4. The molecule has 0 aliphatic carbocycles. The predicted octanol–water partition coefficient (Wildman–Crippen LogP) is 2.62. The number of nitrogens with one attached hydrogen (secondary N) is 1. The van der Waals surface area contributed by atoms with E-state index in [0.29, 0.717) is 19.5 Å². The first kappa shape index (κ1) is 22.0. The van der Waals surface area contributed by atoms with Gasteiger partial charge in [0, 0.05) is 18.7 Å². The van der Waals surface area contributed by atoms with Gasteiger partial charge in [0.05, 0.1) is 12.1 Å². The molecule has 156 valence electrons. The Labute approximate surface area is 167 Å². The lowest BCUT2D eigenvalue weighted by atomic mass is 10.1. The van der Waals surface area contributed by atoms with E-state index >= 15 is 0 Å². The number of ether oxygens (including phenoxy) is 1. The largest absolute Gasteiger partial charge is 0.444 e. The minimum atomic E-state index is -0.674. The summed E-state index contributed by atoms with van der Waals surface area (Å²) in [6.45, 7) is 12.0. The quantitative estimate of drug-likeness (QED) is 0.577. The third-order valence-corrected chi connectivity index (χ3v) is 5.15. The van der Waals surface area contributed by atoms with Crippen molar-refractivity contribution < 1.29 is 19.1 Å². The van der Waals surface area contributed by atoms with Crippen LogP contribution in [0.15, 0.2) is 23.8 Å². The van der Waals surface area contributed by atoms with Crippen LogP contribution in [0.3, 0.4) is 0 Å². The van der Waals surface area contributed by atoms with Crippen molar-refractivity contribution in [2.75, 3.05) is 13.1 Å². The zero-order valence-corrected chi connectivity index (χ0v) is 17.8. The Morgan fingerprint density at radius 3 is 2.25 bits per heavy atom. The van der Waals surface area contributed by atoms with Crippen LogP contribution in [0.2, 0.25) is 0 Å². The summed E-state index contributed by atoms with van der Waals surface area (Å²) in [7, 11) is 0. The molecule has 1 N–H and O–H groups in total. The zero-order chi connectivity index (χ0) is 21.1. The number of hydrogen-bond acceptors (Lipinski definition) is 4. The third kappa shape index (κ3) is 5.14. The van der Waals surface area contributed by atoms with Gasteiger partial charge in [-0.2, -0.15) is 0 Å². The fraction of sp³-hybridized carbons (Fsp3) is 0.667. The highest BCUT2D eigenvalue weighted by Crippen LogP contribution is 2.32. The van der Waals surface area contributed by atoms with E-state index in [2.05, 4.69) is 5.32 Å². The molecule has 0 aromatic rings. The van der Waals surface area contributed by atoms with Crippen LogP contribution in [0, 0.1) is 0 Å². The van der Waals surface area contributed by atoms with Gasteiger partial charge in [0.2, 0.25) is 11.8 Å². The molecule has 2 bridgehead atoms. The summed E-state index contributed by atoms with van der Waals surface area (Å²) < 4.78 is 5.31. The van der Waals surface area contributed by atoms with E-state index in [4.69, 9.17) is 4.74 Å². The Bertz CT molecular complexity index is 678. The maximum atomic E-state index is 13.1. The molecule has 2 saturated heterocycles. The van der Waals surface area contributed by atoms with E-state index in [9.17, 15) is 14.4 Å². The van der Waals surface area contributed by atoms with Crippen LogP contribution >= 0.6 is 0 Å². The van der Waals surface area contributed by atoms with Crippen molar-refractivity contribution in [1.82, 2.24) is 15.1 Å². The normalized spacial score (nSPS) is 23.3. The summed E-state index contributed by atoms with van der Waals surface area (Å²) in [6, 6.07) is -0.633. The van der Waals surface area contributed by atoms with Crippen LogP contribution in [0.4, 0.5) is 4.79 Å². The van der Waals surface area contributed by atoms with Crippen LogP contribution in [0.25, 0.3) is 0 Å². The Hall–Kier alpha value is -2.31. The summed E-state index contributed by atoms with van der Waals surface area (Å²) >= 11 is 0. The van der Waals surface area contributed by atoms with Gasteiger partial charge in [0.1, 0.15) is 11.6 Å². The van der Waals surface area contributed by atoms with Crippen LogP contribution in [0.1, 0.15) is 54.4 Å². The number of carbonyl (C=O) groups is 3. The molecular weight excluding hydrogens is 358 g/mol. The Balaban J connectivity index is 2.04. The topological polar surface area (TPSA) is 79.0 Å². The Kier molecular flexibility index (Phi) is 6.91. The lowest BCUT2D eigenvalue weighted by Gasteiger charge is -2.36. The fourth-order valence-corrected chi connectivity index (χ4v) is 3.68. The second kappa shape index (κ2) is 8.80. The molecule has 2 heterocycles. The van der Waals surface area contributed by atoms with Gasteiger partial charge in [-0.3, -0.25) is 9.59 Å². The monoisotopic (exact) mass is 391 g/mol. The molecule has 7 heteroatoms. The van der Waals surface area contributed by atoms with Gasteiger partial charge in [0.25, 0.3) is 0 Å². The van der Waals surface area contributed by atoms with Crippen molar-refractivity contribution >= 4 is 17.9 Å². The molecule has 0 radical (unpaired) electrons. The average molecular weight is 392 g/mol. The van der Waals surface area contributed by atoms with Gasteiger partial charge >= 0.3 is 6.09 Å². The van der Waals surface area contributed by atoms with Crippen molar-refractivity contribution in [3.63, 3.8) is 0 Å². The highest BCUT2D eigenvalue weighted by atomic mass is 16.6. The van der Waals surface area contributed by atoms with E-state index in [1.807, 2.05) is 48.8 Å². The first-order chi connectivity index (χ1) is 13.1. The molecule has 0 saturated carbocycles. The standard InChI is InChI=1S/C21H33N3O4/c1-7-9-10-17(22-20(27)28-21(4,5)6)19(26)24-13-15-11-16(24)12-23(15)18(25)14(3)8-2/h7-9,15-17H,10-13H2,1-6H3,(H,22,27)/b9-7+,14-8+/t15-,16-,17?/m0/s1. The number of piperazine rings is 1. The Morgan fingerprint density at radius 2 is 1.75 bits per heavy atom. The van der Waals surface area contributed by atoms with Crippen LogP contribution in [-0.2, 0) is 14.3 Å². The van der Waals surface area contributed by atoms with E-state index in [1.54, 1.807) is 20.8 Å². The molecule has 0 aromatic heterocycles. The molecule has 1 unspecified atom stereocenters. The summed E-state index contributed by atoms with van der Waals surface area (Å²) in [6.07, 6.45) is 6.13. The summed E-state index contributed by atoms with van der Waals surface area (Å²) in [5.74, 6) is -0.0780. The fourth-order valence-electron chi connectivity index (χ4n) is 3.68. The first-order valence-electron chi connectivity index (χ1n) is 9.92. The molecule has 0 spiro atoms. The minimum absolute atomic E-state index is 0.000325. The van der Waals surface area contributed by atoms with Crippen molar-refractivity contribution in [3.05, 3.63) is 23.8 Å². The van der Waals surface area contributed by atoms with Gasteiger partial charge < -0.3 is 19.9 Å². The number of hydrogen-bond donors (Lipinski definition) is 1. The molecule has 2 aliphatic rings. The maximum absolute atomic E-state index is 13.1. The first-order valence-corrected chi connectivity index (χ1v) is 9.92. The highest BCUT2D eigenvalue weighted by Gasteiger charge is 2.48. The molecule has 2 rings (SSSR count). The van der Waals surface area contributed by atoms with Crippen molar-refractivity contribution in [2.45, 2.75) is 78.1 Å². The Morgan fingerprint density at radius 1 is 1.14 bits per heavy atom. The maximum Gasteiger partial charge on any atom is 0.408 e. The van der Waals surface area contributed by atoms with Gasteiger partial charge in [-0.15, -0.1) is 0 Å². The van der Waals surface area contributed by atoms with Gasteiger partial charge in [-0.1, -0.05) is 18.2 Å². The number of nitrogens with zero attached hydrogens (tertiary/aromatic N) is 2. The number of rotatable bonds is 5. The molecule has 0 aromatic carbocycles. The van der Waals surface area contributed by atoms with Gasteiger partial charge in [0.15, 0.2) is 0 Å². The van der Waals surface area contributed by atoms with Crippen LogP contribution in [0.5, 0.6) is 0 Å². The predicted molar refractivity (Wildman–Crippen MR) is 108 cm³/mol. The van der Waals surface area contributed by atoms with Gasteiger partial charge in [-0.05, 0) is 54.4 Å². The van der Waals surface area contributed by atoms with Crippen molar-refractivity contribution in [1.29, 1.82) is 0 Å². The number of likely N-dealkylation sites (tertiary alicyclic amines) is 2. The van der Waals surface area contributed by atoms with Crippen LogP contribution in [-0.4, -0.2) is 64.5 Å². The second-order valence-electron chi connectivity index (χ2n) is 8.47. The van der Waals surface area contributed by atoms with Gasteiger partial charge in [-0.25, -0.2) is 4.79 Å². The molecule has 2 aliphatic heterocycles.